The lowest BCUT2D eigenvalue weighted by Crippen LogP contribution is -2.49. The quantitative estimate of drug-likeness (QED) is 0.826. The molecule has 2 fully saturated rings. The van der Waals surface area contributed by atoms with Crippen LogP contribution in [0.2, 0.25) is 0 Å². The van der Waals surface area contributed by atoms with Gasteiger partial charge in [-0.1, -0.05) is 43.2 Å². The number of carbonyl (C=O) groups excluding carboxylic acids is 2. The normalized spacial score (nSPS) is 21.2. The van der Waals surface area contributed by atoms with E-state index in [2.05, 4.69) is 5.32 Å². The largest absolute Gasteiger partial charge is 0.480 e. The summed E-state index contributed by atoms with van der Waals surface area (Å²) in [5.74, 6) is -1.55. The number of carbonyl (C=O) groups is 3. The van der Waals surface area contributed by atoms with E-state index in [4.69, 9.17) is 0 Å². The van der Waals surface area contributed by atoms with Crippen molar-refractivity contribution in [2.45, 2.75) is 43.7 Å². The summed E-state index contributed by atoms with van der Waals surface area (Å²) >= 11 is 0. The van der Waals surface area contributed by atoms with Crippen molar-refractivity contribution in [1.29, 1.82) is 0 Å². The zero-order valence-corrected chi connectivity index (χ0v) is 12.1. The Hall–Kier alpha value is -2.37. The molecule has 0 aromatic heterocycles. The molecule has 0 radical (unpaired) electrons. The Balaban J connectivity index is 1.87. The number of hydrogen-bond donors (Lipinski definition) is 2. The zero-order chi connectivity index (χ0) is 15.7. The van der Waals surface area contributed by atoms with Gasteiger partial charge in [0, 0.05) is 6.42 Å². The minimum Gasteiger partial charge on any atom is -0.480 e. The summed E-state index contributed by atoms with van der Waals surface area (Å²) in [4.78, 5) is 37.4. The molecule has 1 saturated heterocycles. The molecule has 1 saturated carbocycles. The molecule has 0 unspecified atom stereocenters. The van der Waals surface area contributed by atoms with Crippen LogP contribution in [0.25, 0.3) is 0 Å². The second kappa shape index (κ2) is 5.44. The summed E-state index contributed by atoms with van der Waals surface area (Å²) < 4.78 is 0. The number of nitrogens with zero attached hydrogens (tertiary/aromatic N) is 1. The van der Waals surface area contributed by atoms with Gasteiger partial charge in [0.15, 0.2) is 0 Å². The molecule has 2 aliphatic rings. The average molecular weight is 302 g/mol. The van der Waals surface area contributed by atoms with Gasteiger partial charge in [-0.2, -0.15) is 0 Å². The highest BCUT2D eigenvalue weighted by Gasteiger charge is 2.55. The van der Waals surface area contributed by atoms with E-state index >= 15 is 0 Å². The lowest BCUT2D eigenvalue weighted by molar-refractivity contribution is -0.147. The summed E-state index contributed by atoms with van der Waals surface area (Å²) in [6.45, 7) is 0. The summed E-state index contributed by atoms with van der Waals surface area (Å²) in [6.07, 6.45) is 3.04. The van der Waals surface area contributed by atoms with Gasteiger partial charge in [0.25, 0.3) is 5.91 Å². The van der Waals surface area contributed by atoms with Crippen LogP contribution in [-0.4, -0.2) is 39.5 Å². The van der Waals surface area contributed by atoms with E-state index in [0.717, 1.165) is 23.3 Å². The van der Waals surface area contributed by atoms with Crippen molar-refractivity contribution in [3.05, 3.63) is 35.9 Å². The highest BCUT2D eigenvalue weighted by Crippen LogP contribution is 2.36. The maximum Gasteiger partial charge on any atom is 0.327 e. The average Bonchev–Trinajstić information content (AvgIpc) is 3.05. The van der Waals surface area contributed by atoms with E-state index in [9.17, 15) is 19.5 Å². The number of aliphatic carboxylic acids is 1. The van der Waals surface area contributed by atoms with Crippen LogP contribution in [0, 0.1) is 0 Å². The van der Waals surface area contributed by atoms with Crippen molar-refractivity contribution in [3.63, 3.8) is 0 Å². The predicted molar refractivity (Wildman–Crippen MR) is 78.1 cm³/mol. The summed E-state index contributed by atoms with van der Waals surface area (Å²) in [7, 11) is 0. The van der Waals surface area contributed by atoms with E-state index in [1.165, 1.54) is 0 Å². The molecule has 1 aromatic rings. The predicted octanol–water partition coefficient (Wildman–Crippen LogP) is 1.55. The number of rotatable bonds is 4. The van der Waals surface area contributed by atoms with Gasteiger partial charge in [0.1, 0.15) is 11.6 Å². The van der Waals surface area contributed by atoms with Crippen LogP contribution in [0.4, 0.5) is 4.79 Å². The number of carboxylic acids is 1. The van der Waals surface area contributed by atoms with E-state index in [-0.39, 0.29) is 6.42 Å². The van der Waals surface area contributed by atoms with Crippen LogP contribution >= 0.6 is 0 Å². The van der Waals surface area contributed by atoms with Crippen LogP contribution in [-0.2, 0) is 16.0 Å². The van der Waals surface area contributed by atoms with Crippen molar-refractivity contribution in [2.24, 2.45) is 0 Å². The molecular formula is C16H18N2O4. The van der Waals surface area contributed by atoms with Crippen LogP contribution in [0.3, 0.4) is 0 Å². The lowest BCUT2D eigenvalue weighted by Gasteiger charge is -2.24. The topological polar surface area (TPSA) is 86.7 Å². The first-order valence-corrected chi connectivity index (χ1v) is 7.46. The number of hydrogen-bond acceptors (Lipinski definition) is 3. The molecule has 6 heteroatoms. The molecule has 3 rings (SSSR count). The molecule has 0 bridgehead atoms. The minimum atomic E-state index is -1.17. The molecule has 6 nitrogen and oxygen atoms in total. The highest BCUT2D eigenvalue weighted by molar-refractivity contribution is 6.09. The first-order valence-electron chi connectivity index (χ1n) is 7.46. The van der Waals surface area contributed by atoms with Crippen molar-refractivity contribution >= 4 is 17.9 Å². The Morgan fingerprint density at radius 2 is 1.86 bits per heavy atom. The number of amides is 3. The van der Waals surface area contributed by atoms with Gasteiger partial charge >= 0.3 is 12.0 Å². The lowest BCUT2D eigenvalue weighted by atomic mass is 9.96. The Labute approximate surface area is 128 Å². The zero-order valence-electron chi connectivity index (χ0n) is 12.1. The van der Waals surface area contributed by atoms with Gasteiger partial charge in [-0.05, 0) is 18.4 Å². The monoisotopic (exact) mass is 302 g/mol. The Bertz CT molecular complexity index is 608. The maximum absolute atomic E-state index is 12.7. The maximum atomic E-state index is 12.7. The Morgan fingerprint density at radius 1 is 1.23 bits per heavy atom. The van der Waals surface area contributed by atoms with E-state index < -0.39 is 29.5 Å². The third-order valence-electron chi connectivity index (χ3n) is 4.52. The van der Waals surface area contributed by atoms with E-state index in [1.807, 2.05) is 6.07 Å². The molecule has 1 heterocycles. The third-order valence-corrected chi connectivity index (χ3v) is 4.52. The molecule has 1 aromatic carbocycles. The SMILES string of the molecule is O=C(O)[C@H](Cc1ccccc1)N1C(=O)NC2(CCCC2)C1=O. The standard InChI is InChI=1S/C16H18N2O4/c19-13(20)12(10-11-6-2-1-3-7-11)18-14(21)16(17-15(18)22)8-4-5-9-16/h1-3,6-7,12H,4-5,8-10H2,(H,17,22)(H,19,20)/t12-/m0/s1. The second-order valence-electron chi connectivity index (χ2n) is 5.94. The second-order valence-corrected chi connectivity index (χ2v) is 5.94. The molecule has 3 amide bonds. The van der Waals surface area contributed by atoms with Crippen molar-refractivity contribution in [2.75, 3.05) is 0 Å². The van der Waals surface area contributed by atoms with E-state index in [0.29, 0.717) is 12.8 Å². The number of nitrogens with one attached hydrogen (secondary N) is 1. The van der Waals surface area contributed by atoms with Crippen LogP contribution < -0.4 is 5.32 Å². The van der Waals surface area contributed by atoms with Gasteiger partial charge < -0.3 is 10.4 Å². The van der Waals surface area contributed by atoms with Gasteiger partial charge in [-0.25, -0.2) is 14.5 Å². The Morgan fingerprint density at radius 3 is 2.45 bits per heavy atom. The van der Waals surface area contributed by atoms with Gasteiger partial charge in [-0.3, -0.25) is 4.79 Å². The van der Waals surface area contributed by atoms with Gasteiger partial charge in [0.2, 0.25) is 0 Å². The van der Waals surface area contributed by atoms with Gasteiger partial charge in [0.05, 0.1) is 0 Å². The molecule has 2 N–H and O–H groups in total. The Kier molecular flexibility index (Phi) is 3.60. The van der Waals surface area contributed by atoms with Crippen molar-refractivity contribution in [1.82, 2.24) is 10.2 Å². The smallest absolute Gasteiger partial charge is 0.327 e. The molecular weight excluding hydrogens is 284 g/mol. The first kappa shape index (κ1) is 14.6. The number of carboxylic acid groups (broad SMARTS) is 1. The third kappa shape index (κ3) is 2.34. The number of benzene rings is 1. The van der Waals surface area contributed by atoms with Crippen molar-refractivity contribution < 1.29 is 19.5 Å². The molecule has 1 aliphatic heterocycles. The van der Waals surface area contributed by atoms with Gasteiger partial charge in [-0.15, -0.1) is 0 Å². The summed E-state index contributed by atoms with van der Waals surface area (Å²) in [5.41, 5.74) is -0.0931. The molecule has 1 atom stereocenters. The highest BCUT2D eigenvalue weighted by atomic mass is 16.4. The van der Waals surface area contributed by atoms with Crippen molar-refractivity contribution in [3.8, 4) is 0 Å². The van der Waals surface area contributed by atoms with E-state index in [1.54, 1.807) is 24.3 Å². The number of urea groups is 1. The summed E-state index contributed by atoms with van der Waals surface area (Å²) in [6, 6.07) is 7.27. The molecule has 1 spiro atoms. The minimum absolute atomic E-state index is 0.116. The fraction of sp³-hybridized carbons (Fsp3) is 0.438. The van der Waals surface area contributed by atoms with Crippen LogP contribution in [0.15, 0.2) is 30.3 Å². The summed E-state index contributed by atoms with van der Waals surface area (Å²) in [5, 5.41) is 12.2. The van der Waals surface area contributed by atoms with Crippen LogP contribution in [0.5, 0.6) is 0 Å². The molecule has 116 valence electrons. The first-order chi connectivity index (χ1) is 10.5. The molecule has 22 heavy (non-hydrogen) atoms. The molecule has 1 aliphatic carbocycles. The fourth-order valence-electron chi connectivity index (χ4n) is 3.37. The fourth-order valence-corrected chi connectivity index (χ4v) is 3.37. The van der Waals surface area contributed by atoms with Crippen LogP contribution in [0.1, 0.15) is 31.2 Å². The number of imide groups is 1.